The number of nitrogens with zero attached hydrogens (tertiary/aromatic N) is 4. The van der Waals surface area contributed by atoms with E-state index < -0.39 is 0 Å². The van der Waals surface area contributed by atoms with Crippen molar-refractivity contribution in [2.45, 2.75) is 30.7 Å². The number of aromatic nitrogens is 4. The van der Waals surface area contributed by atoms with Crippen LogP contribution in [0.15, 0.2) is 40.0 Å². The van der Waals surface area contributed by atoms with Gasteiger partial charge in [0, 0.05) is 18.2 Å². The van der Waals surface area contributed by atoms with Gasteiger partial charge in [-0.05, 0) is 37.2 Å². The second-order valence-electron chi connectivity index (χ2n) is 5.40. The third-order valence-corrected chi connectivity index (χ3v) is 4.66. The molecule has 0 spiro atoms. The highest BCUT2D eigenvalue weighted by molar-refractivity contribution is 7.98. The molecule has 2 N–H and O–H groups in total. The Morgan fingerprint density at radius 2 is 2.04 bits per heavy atom. The van der Waals surface area contributed by atoms with Gasteiger partial charge in [-0.15, -0.1) is 10.2 Å². The Kier molecular flexibility index (Phi) is 5.72. The first kappa shape index (κ1) is 17.5. The molecular formula is C17H21N5O2S. The van der Waals surface area contributed by atoms with Gasteiger partial charge in [-0.2, -0.15) is 0 Å². The minimum atomic E-state index is 0.515. The lowest BCUT2D eigenvalue weighted by Gasteiger charge is -2.10. The molecule has 0 aliphatic carbocycles. The number of rotatable bonds is 8. The van der Waals surface area contributed by atoms with Gasteiger partial charge >= 0.3 is 0 Å². The zero-order chi connectivity index (χ0) is 17.6. The zero-order valence-electron chi connectivity index (χ0n) is 14.3. The average Bonchev–Trinajstić information content (AvgIpc) is 3.27. The quantitative estimate of drug-likeness (QED) is 0.618. The topological polar surface area (TPSA) is 92.0 Å². The predicted molar refractivity (Wildman–Crippen MR) is 96.1 cm³/mol. The lowest BCUT2D eigenvalue weighted by Crippen LogP contribution is -2.09. The fraction of sp³-hybridized carbons (Fsp3) is 0.353. The van der Waals surface area contributed by atoms with Crippen molar-refractivity contribution in [1.82, 2.24) is 19.9 Å². The molecule has 25 heavy (non-hydrogen) atoms. The smallest absolute Gasteiger partial charge is 0.196 e. The fourth-order valence-electron chi connectivity index (χ4n) is 2.40. The van der Waals surface area contributed by atoms with Gasteiger partial charge in [0.15, 0.2) is 5.16 Å². The maximum absolute atomic E-state index is 5.71. The Hall–Kier alpha value is -2.32. The van der Waals surface area contributed by atoms with Gasteiger partial charge < -0.3 is 15.0 Å². The van der Waals surface area contributed by atoms with E-state index >= 15 is 0 Å². The lowest BCUT2D eigenvalue weighted by atomic mass is 10.3. The van der Waals surface area contributed by atoms with Crippen LogP contribution < -0.4 is 10.5 Å². The van der Waals surface area contributed by atoms with E-state index in [-0.39, 0.29) is 0 Å². The van der Waals surface area contributed by atoms with Crippen molar-refractivity contribution in [2.75, 3.05) is 13.7 Å². The normalized spacial score (nSPS) is 11.0. The Balaban J connectivity index is 1.85. The Morgan fingerprint density at radius 3 is 2.68 bits per heavy atom. The summed E-state index contributed by atoms with van der Waals surface area (Å²) in [6, 6.07) is 9.77. The van der Waals surface area contributed by atoms with Crippen LogP contribution in [0, 0.1) is 0 Å². The predicted octanol–water partition coefficient (Wildman–Crippen LogP) is 2.62. The van der Waals surface area contributed by atoms with Crippen molar-refractivity contribution in [2.24, 2.45) is 5.73 Å². The van der Waals surface area contributed by atoms with E-state index in [1.807, 2.05) is 41.8 Å². The highest BCUT2D eigenvalue weighted by atomic mass is 32.2. The number of ether oxygens (including phenoxy) is 1. The highest BCUT2D eigenvalue weighted by Crippen LogP contribution is 2.26. The highest BCUT2D eigenvalue weighted by Gasteiger charge is 2.15. The van der Waals surface area contributed by atoms with Gasteiger partial charge in [-0.25, -0.2) is 0 Å². The molecule has 3 aromatic rings. The number of aryl methyl sites for hydroxylation is 1. The molecule has 2 heterocycles. The van der Waals surface area contributed by atoms with E-state index in [4.69, 9.17) is 15.0 Å². The SMILES string of the molecule is CCc1cc(CSc2nnc(CCN)n2-c2ccc(OC)cc2)on1. The molecule has 0 atom stereocenters. The van der Waals surface area contributed by atoms with E-state index in [2.05, 4.69) is 15.4 Å². The lowest BCUT2D eigenvalue weighted by molar-refractivity contribution is 0.389. The van der Waals surface area contributed by atoms with Crippen LogP contribution >= 0.6 is 11.8 Å². The largest absolute Gasteiger partial charge is 0.497 e. The first-order chi connectivity index (χ1) is 12.2. The molecule has 0 radical (unpaired) electrons. The van der Waals surface area contributed by atoms with Crippen molar-refractivity contribution < 1.29 is 9.26 Å². The fourth-order valence-corrected chi connectivity index (χ4v) is 3.25. The number of nitrogens with two attached hydrogens (primary N) is 1. The zero-order valence-corrected chi connectivity index (χ0v) is 15.1. The number of hydrogen-bond donors (Lipinski definition) is 1. The van der Waals surface area contributed by atoms with Gasteiger partial charge in [-0.1, -0.05) is 23.8 Å². The summed E-state index contributed by atoms with van der Waals surface area (Å²) in [7, 11) is 1.65. The van der Waals surface area contributed by atoms with Gasteiger partial charge in [0.2, 0.25) is 0 Å². The molecular weight excluding hydrogens is 338 g/mol. The molecule has 0 bridgehead atoms. The summed E-state index contributed by atoms with van der Waals surface area (Å²) in [6.07, 6.45) is 1.51. The molecule has 8 heteroatoms. The molecule has 0 aliphatic rings. The summed E-state index contributed by atoms with van der Waals surface area (Å²) < 4.78 is 12.6. The van der Waals surface area contributed by atoms with Crippen LogP contribution in [0.25, 0.3) is 5.69 Å². The number of thioether (sulfide) groups is 1. The van der Waals surface area contributed by atoms with Gasteiger partial charge in [0.1, 0.15) is 17.3 Å². The van der Waals surface area contributed by atoms with Crippen LogP contribution in [0.5, 0.6) is 5.75 Å². The van der Waals surface area contributed by atoms with Crippen LogP contribution in [-0.4, -0.2) is 33.6 Å². The number of benzene rings is 1. The standard InChI is InChI=1S/C17H21N5O2S/c1-3-12-10-15(24-21-12)11-25-17-20-19-16(8-9-18)22(17)13-4-6-14(23-2)7-5-13/h4-7,10H,3,8-9,11,18H2,1-2H3. The molecule has 0 fully saturated rings. The second-order valence-corrected chi connectivity index (χ2v) is 6.34. The third-order valence-electron chi connectivity index (χ3n) is 3.71. The molecule has 1 aromatic carbocycles. The number of methoxy groups -OCH3 is 1. The van der Waals surface area contributed by atoms with Gasteiger partial charge in [0.25, 0.3) is 0 Å². The molecule has 0 saturated heterocycles. The molecule has 0 amide bonds. The maximum Gasteiger partial charge on any atom is 0.196 e. The Labute approximate surface area is 150 Å². The van der Waals surface area contributed by atoms with E-state index in [0.717, 1.165) is 40.3 Å². The van der Waals surface area contributed by atoms with E-state index in [0.29, 0.717) is 18.7 Å². The maximum atomic E-state index is 5.71. The van der Waals surface area contributed by atoms with Crippen molar-refractivity contribution in [3.8, 4) is 11.4 Å². The third kappa shape index (κ3) is 4.02. The average molecular weight is 359 g/mol. The van der Waals surface area contributed by atoms with Crippen molar-refractivity contribution in [1.29, 1.82) is 0 Å². The van der Waals surface area contributed by atoms with E-state index in [1.165, 1.54) is 0 Å². The minimum Gasteiger partial charge on any atom is -0.497 e. The van der Waals surface area contributed by atoms with Crippen LogP contribution in [0.4, 0.5) is 0 Å². The minimum absolute atomic E-state index is 0.515. The van der Waals surface area contributed by atoms with Crippen LogP contribution in [0.2, 0.25) is 0 Å². The first-order valence-corrected chi connectivity index (χ1v) is 9.09. The Bertz CT molecular complexity index is 813. The van der Waals surface area contributed by atoms with Crippen molar-refractivity contribution in [3.63, 3.8) is 0 Å². The molecule has 0 aliphatic heterocycles. The summed E-state index contributed by atoms with van der Waals surface area (Å²) in [5.74, 6) is 3.11. The first-order valence-electron chi connectivity index (χ1n) is 8.11. The second kappa shape index (κ2) is 8.17. The van der Waals surface area contributed by atoms with Crippen molar-refractivity contribution in [3.05, 3.63) is 47.6 Å². The molecule has 132 valence electrons. The summed E-state index contributed by atoms with van der Waals surface area (Å²) in [6.45, 7) is 2.56. The van der Waals surface area contributed by atoms with E-state index in [1.54, 1.807) is 18.9 Å². The molecule has 2 aromatic heterocycles. The van der Waals surface area contributed by atoms with Crippen LogP contribution in [-0.2, 0) is 18.6 Å². The summed E-state index contributed by atoms with van der Waals surface area (Å²) in [5, 5.41) is 13.4. The molecule has 7 nitrogen and oxygen atoms in total. The van der Waals surface area contributed by atoms with Crippen LogP contribution in [0.1, 0.15) is 24.2 Å². The monoisotopic (exact) mass is 359 g/mol. The van der Waals surface area contributed by atoms with Crippen LogP contribution in [0.3, 0.4) is 0 Å². The van der Waals surface area contributed by atoms with Crippen molar-refractivity contribution >= 4 is 11.8 Å². The molecule has 0 unspecified atom stereocenters. The summed E-state index contributed by atoms with van der Waals surface area (Å²) in [5.41, 5.74) is 7.64. The van der Waals surface area contributed by atoms with Gasteiger partial charge in [-0.3, -0.25) is 4.57 Å². The number of hydrogen-bond acceptors (Lipinski definition) is 7. The Morgan fingerprint density at radius 1 is 1.24 bits per heavy atom. The summed E-state index contributed by atoms with van der Waals surface area (Å²) in [4.78, 5) is 0. The molecule has 3 rings (SSSR count). The summed E-state index contributed by atoms with van der Waals surface area (Å²) >= 11 is 1.56. The molecule has 0 saturated carbocycles. The van der Waals surface area contributed by atoms with Gasteiger partial charge in [0.05, 0.1) is 18.6 Å². The van der Waals surface area contributed by atoms with E-state index in [9.17, 15) is 0 Å².